The number of halogens is 2. The van der Waals surface area contributed by atoms with Crippen LogP contribution in [0.4, 0.5) is 11.6 Å². The van der Waals surface area contributed by atoms with E-state index in [9.17, 15) is 0 Å². The fraction of sp³-hybridized carbons (Fsp3) is 0.167. The van der Waals surface area contributed by atoms with Crippen LogP contribution in [0.3, 0.4) is 0 Å². The van der Waals surface area contributed by atoms with E-state index in [2.05, 4.69) is 98.8 Å². The first-order valence-corrected chi connectivity index (χ1v) is 11.8. The molecule has 0 aliphatic rings. The highest BCUT2D eigenvalue weighted by molar-refractivity contribution is 9.11. The largest absolute Gasteiger partial charge is 0.368 e. The second-order valence-electron chi connectivity index (χ2n) is 6.75. The third-order valence-electron chi connectivity index (χ3n) is 4.38. The lowest BCUT2D eigenvalue weighted by atomic mass is 10.1. The van der Waals surface area contributed by atoms with E-state index in [-0.39, 0.29) is 0 Å². The SMILES string of the molecule is Brc1cnc(NCCc2ccccc2)c(Br)n1.c1ccc(CCNc2cnccn2)cc1. The van der Waals surface area contributed by atoms with Gasteiger partial charge in [-0.1, -0.05) is 60.7 Å². The van der Waals surface area contributed by atoms with Crippen molar-refractivity contribution in [1.29, 1.82) is 0 Å². The maximum absolute atomic E-state index is 4.24. The summed E-state index contributed by atoms with van der Waals surface area (Å²) < 4.78 is 1.44. The molecule has 0 fully saturated rings. The van der Waals surface area contributed by atoms with Gasteiger partial charge in [0.1, 0.15) is 15.0 Å². The van der Waals surface area contributed by atoms with Crippen molar-refractivity contribution in [3.8, 4) is 0 Å². The van der Waals surface area contributed by atoms with Crippen molar-refractivity contribution in [3.05, 3.63) is 106 Å². The molecule has 0 atom stereocenters. The van der Waals surface area contributed by atoms with Crippen molar-refractivity contribution in [2.75, 3.05) is 23.7 Å². The van der Waals surface area contributed by atoms with Crippen LogP contribution in [0.15, 0.2) is 94.7 Å². The molecule has 2 heterocycles. The van der Waals surface area contributed by atoms with Crippen LogP contribution in [0.2, 0.25) is 0 Å². The Hall–Kier alpha value is -2.84. The van der Waals surface area contributed by atoms with Gasteiger partial charge in [0.05, 0.1) is 12.4 Å². The number of hydrogen-bond donors (Lipinski definition) is 2. The third kappa shape index (κ3) is 8.72. The van der Waals surface area contributed by atoms with Gasteiger partial charge in [-0.2, -0.15) is 0 Å². The summed E-state index contributed by atoms with van der Waals surface area (Å²) in [6, 6.07) is 20.7. The van der Waals surface area contributed by atoms with Gasteiger partial charge < -0.3 is 10.6 Å². The summed E-state index contributed by atoms with van der Waals surface area (Å²) in [5, 5.41) is 6.47. The van der Waals surface area contributed by atoms with Crippen molar-refractivity contribution < 1.29 is 0 Å². The molecule has 32 heavy (non-hydrogen) atoms. The molecular formula is C24H24Br2N6. The monoisotopic (exact) mass is 554 g/mol. The van der Waals surface area contributed by atoms with Crippen LogP contribution < -0.4 is 10.6 Å². The Kier molecular flexibility index (Phi) is 10.1. The molecule has 0 saturated heterocycles. The number of aromatic nitrogens is 4. The first kappa shape index (κ1) is 23.8. The minimum Gasteiger partial charge on any atom is -0.368 e. The fourth-order valence-electron chi connectivity index (χ4n) is 2.81. The minimum absolute atomic E-state index is 0.720. The van der Waals surface area contributed by atoms with Gasteiger partial charge in [0.25, 0.3) is 0 Å². The summed E-state index contributed by atoms with van der Waals surface area (Å²) in [4.78, 5) is 16.6. The van der Waals surface area contributed by atoms with Gasteiger partial charge in [0, 0.05) is 25.5 Å². The molecule has 0 spiro atoms. The van der Waals surface area contributed by atoms with E-state index in [4.69, 9.17) is 0 Å². The van der Waals surface area contributed by atoms with Gasteiger partial charge in [-0.25, -0.2) is 15.0 Å². The van der Waals surface area contributed by atoms with Crippen molar-refractivity contribution in [2.24, 2.45) is 0 Å². The quantitative estimate of drug-likeness (QED) is 0.287. The second kappa shape index (κ2) is 13.5. The minimum atomic E-state index is 0.720. The summed E-state index contributed by atoms with van der Waals surface area (Å²) >= 11 is 6.64. The Morgan fingerprint density at radius 2 is 1.31 bits per heavy atom. The molecule has 0 aliphatic carbocycles. The highest BCUT2D eigenvalue weighted by Crippen LogP contribution is 2.19. The lowest BCUT2D eigenvalue weighted by Crippen LogP contribution is -2.07. The molecule has 6 nitrogen and oxygen atoms in total. The van der Waals surface area contributed by atoms with Gasteiger partial charge in [-0.15, -0.1) is 0 Å². The summed E-state index contributed by atoms with van der Waals surface area (Å²) in [6.45, 7) is 1.71. The molecule has 164 valence electrons. The van der Waals surface area contributed by atoms with E-state index in [1.807, 2.05) is 24.3 Å². The van der Waals surface area contributed by atoms with Gasteiger partial charge in [0.2, 0.25) is 0 Å². The summed E-state index contributed by atoms with van der Waals surface area (Å²) in [5.74, 6) is 1.59. The van der Waals surface area contributed by atoms with E-state index < -0.39 is 0 Å². The van der Waals surface area contributed by atoms with Gasteiger partial charge in [0.15, 0.2) is 5.82 Å². The normalized spacial score (nSPS) is 10.1. The molecule has 2 aromatic carbocycles. The number of nitrogens with one attached hydrogen (secondary N) is 2. The van der Waals surface area contributed by atoms with Crippen molar-refractivity contribution in [3.63, 3.8) is 0 Å². The zero-order valence-electron chi connectivity index (χ0n) is 17.5. The molecule has 0 radical (unpaired) electrons. The molecule has 0 aliphatic heterocycles. The Labute approximate surface area is 205 Å². The first-order chi connectivity index (χ1) is 15.7. The zero-order valence-corrected chi connectivity index (χ0v) is 20.6. The van der Waals surface area contributed by atoms with Crippen LogP contribution in [0.1, 0.15) is 11.1 Å². The van der Waals surface area contributed by atoms with Crippen LogP contribution in [-0.2, 0) is 12.8 Å². The van der Waals surface area contributed by atoms with E-state index >= 15 is 0 Å². The van der Waals surface area contributed by atoms with E-state index in [1.54, 1.807) is 24.8 Å². The Balaban J connectivity index is 0.000000182. The highest BCUT2D eigenvalue weighted by atomic mass is 79.9. The summed E-state index contributed by atoms with van der Waals surface area (Å²) in [6.07, 6.45) is 8.72. The Morgan fingerprint density at radius 1 is 0.688 bits per heavy atom. The Morgan fingerprint density at radius 3 is 1.88 bits per heavy atom. The molecular weight excluding hydrogens is 532 g/mol. The topological polar surface area (TPSA) is 75.6 Å². The number of rotatable bonds is 8. The third-order valence-corrected chi connectivity index (χ3v) is 5.31. The smallest absolute Gasteiger partial charge is 0.159 e. The second-order valence-corrected chi connectivity index (χ2v) is 8.31. The van der Waals surface area contributed by atoms with Crippen molar-refractivity contribution in [1.82, 2.24) is 19.9 Å². The van der Waals surface area contributed by atoms with E-state index in [0.29, 0.717) is 0 Å². The average molecular weight is 556 g/mol. The predicted octanol–water partition coefficient (Wildman–Crippen LogP) is 5.79. The van der Waals surface area contributed by atoms with Crippen molar-refractivity contribution >= 4 is 43.5 Å². The van der Waals surface area contributed by atoms with Crippen LogP contribution >= 0.6 is 31.9 Å². The standard InChI is InChI=1S/C12H11Br2N3.C12H13N3/c13-10-8-16-12(11(14)17-10)15-7-6-9-4-2-1-3-5-9;1-2-4-11(5-3-1)6-7-14-12-10-13-8-9-15-12/h1-5,8H,6-7H2,(H,15,16);1-5,8-10H,6-7H2,(H,14,15). The van der Waals surface area contributed by atoms with E-state index in [0.717, 1.165) is 46.8 Å². The number of hydrogen-bond acceptors (Lipinski definition) is 6. The molecule has 8 heteroatoms. The number of anilines is 2. The molecule has 0 saturated carbocycles. The van der Waals surface area contributed by atoms with Crippen LogP contribution in [0, 0.1) is 0 Å². The molecule has 0 bridgehead atoms. The molecule has 0 unspecified atom stereocenters. The fourth-order valence-corrected chi connectivity index (χ4v) is 3.76. The molecule has 2 N–H and O–H groups in total. The lowest BCUT2D eigenvalue weighted by Gasteiger charge is -2.06. The van der Waals surface area contributed by atoms with Gasteiger partial charge in [-0.05, 0) is 55.8 Å². The average Bonchev–Trinajstić information content (AvgIpc) is 2.83. The maximum Gasteiger partial charge on any atom is 0.159 e. The van der Waals surface area contributed by atoms with Gasteiger partial charge >= 0.3 is 0 Å². The predicted molar refractivity (Wildman–Crippen MR) is 137 cm³/mol. The zero-order chi connectivity index (χ0) is 22.4. The first-order valence-electron chi connectivity index (χ1n) is 10.2. The highest BCUT2D eigenvalue weighted by Gasteiger charge is 2.02. The van der Waals surface area contributed by atoms with Crippen molar-refractivity contribution in [2.45, 2.75) is 12.8 Å². The van der Waals surface area contributed by atoms with E-state index in [1.165, 1.54) is 11.1 Å². The Bertz CT molecular complexity index is 1010. The summed E-state index contributed by atoms with van der Waals surface area (Å²) in [7, 11) is 0. The lowest BCUT2D eigenvalue weighted by molar-refractivity contribution is 0.990. The number of benzene rings is 2. The van der Waals surface area contributed by atoms with Crippen LogP contribution in [0.25, 0.3) is 0 Å². The number of nitrogens with zero attached hydrogens (tertiary/aromatic N) is 4. The molecule has 2 aromatic heterocycles. The molecule has 4 aromatic rings. The summed E-state index contributed by atoms with van der Waals surface area (Å²) in [5.41, 5.74) is 2.63. The van der Waals surface area contributed by atoms with Gasteiger partial charge in [-0.3, -0.25) is 4.98 Å². The van der Waals surface area contributed by atoms with Crippen LogP contribution in [-0.4, -0.2) is 33.0 Å². The molecule has 0 amide bonds. The maximum atomic E-state index is 4.24. The van der Waals surface area contributed by atoms with Crippen LogP contribution in [0.5, 0.6) is 0 Å². The molecule has 4 rings (SSSR count).